The van der Waals surface area contributed by atoms with E-state index in [9.17, 15) is 0 Å². The summed E-state index contributed by atoms with van der Waals surface area (Å²) in [5.41, 5.74) is 3.19. The van der Waals surface area contributed by atoms with Crippen molar-refractivity contribution in [1.82, 2.24) is 0 Å². The van der Waals surface area contributed by atoms with Gasteiger partial charge in [0, 0.05) is 18.8 Å². The van der Waals surface area contributed by atoms with Crippen molar-refractivity contribution < 1.29 is 9.73 Å². The maximum absolute atomic E-state index is 6.18. The Kier molecular flexibility index (Phi) is 6.47. The minimum absolute atomic E-state index is 0.304. The van der Waals surface area contributed by atoms with E-state index in [4.69, 9.17) is 4.74 Å². The van der Waals surface area contributed by atoms with Gasteiger partial charge < -0.3 is 4.74 Å². The lowest BCUT2D eigenvalue weighted by Gasteiger charge is -2.43. The number of allylic oxidation sites excluding steroid dienone is 1. The van der Waals surface area contributed by atoms with Gasteiger partial charge in [0.25, 0.3) is 0 Å². The van der Waals surface area contributed by atoms with E-state index < -0.39 is 0 Å². The molecule has 0 saturated carbocycles. The molecule has 0 amide bonds. The fourth-order valence-electron chi connectivity index (χ4n) is 4.69. The van der Waals surface area contributed by atoms with Crippen molar-refractivity contribution in [3.63, 3.8) is 0 Å². The average molecular weight is 341 g/mol. The third-order valence-corrected chi connectivity index (χ3v) is 6.00. The van der Waals surface area contributed by atoms with Crippen LogP contribution in [0.15, 0.2) is 42.5 Å². The van der Waals surface area contributed by atoms with Crippen LogP contribution < -0.4 is 4.99 Å². The summed E-state index contributed by atoms with van der Waals surface area (Å²) in [4.78, 5) is 3.80. The predicted molar refractivity (Wildman–Crippen MR) is 105 cm³/mol. The molecule has 1 aromatic carbocycles. The van der Waals surface area contributed by atoms with Crippen molar-refractivity contribution in [2.75, 3.05) is 13.2 Å². The highest BCUT2D eigenvalue weighted by Crippen LogP contribution is 2.46. The molecule has 2 aliphatic rings. The molecule has 0 saturated heterocycles. The Morgan fingerprint density at radius 1 is 1.20 bits per heavy atom. The van der Waals surface area contributed by atoms with Crippen LogP contribution in [0, 0.1) is 17.3 Å². The Bertz CT molecular complexity index is 591. The Hall–Kier alpha value is -1.41. The second-order valence-electron chi connectivity index (χ2n) is 7.94. The molecule has 0 unspecified atom stereocenters. The van der Waals surface area contributed by atoms with Gasteiger partial charge >= 0.3 is 0 Å². The molecule has 1 aliphatic heterocycles. The second-order valence-corrected chi connectivity index (χ2v) is 7.94. The fourth-order valence-corrected chi connectivity index (χ4v) is 4.69. The van der Waals surface area contributed by atoms with Gasteiger partial charge in [0.15, 0.2) is 5.71 Å². The van der Waals surface area contributed by atoms with Gasteiger partial charge in [-0.05, 0) is 30.7 Å². The van der Waals surface area contributed by atoms with E-state index in [0.29, 0.717) is 23.9 Å². The van der Waals surface area contributed by atoms with Gasteiger partial charge in [-0.2, -0.15) is 0 Å². The van der Waals surface area contributed by atoms with Crippen LogP contribution in [0.2, 0.25) is 0 Å². The summed E-state index contributed by atoms with van der Waals surface area (Å²) in [5.74, 6) is 1.17. The van der Waals surface area contributed by atoms with Crippen LogP contribution in [0.25, 0.3) is 0 Å². The van der Waals surface area contributed by atoms with Crippen LogP contribution in [0.4, 0.5) is 0 Å². The van der Waals surface area contributed by atoms with E-state index in [1.165, 1.54) is 44.1 Å². The zero-order chi connectivity index (χ0) is 17.5. The Labute approximate surface area is 153 Å². The molecule has 3 rings (SSSR count). The molecule has 2 nitrogen and oxygen atoms in total. The number of ether oxygens (including phenoxy) is 1. The van der Waals surface area contributed by atoms with Crippen molar-refractivity contribution >= 4 is 5.71 Å². The molecule has 1 aliphatic carbocycles. The van der Waals surface area contributed by atoms with E-state index in [-0.39, 0.29) is 0 Å². The molecule has 0 aromatic heterocycles. The molecule has 0 bridgehead atoms. The first-order chi connectivity index (χ1) is 12.2. The molecular weight excluding hydrogens is 306 g/mol. The van der Waals surface area contributed by atoms with Gasteiger partial charge in [0.2, 0.25) is 0 Å². The maximum atomic E-state index is 6.18. The molecule has 136 valence electrons. The number of hydrogen-bond acceptors (Lipinski definition) is 1. The van der Waals surface area contributed by atoms with Gasteiger partial charge in [-0.15, -0.1) is 0 Å². The van der Waals surface area contributed by atoms with Crippen molar-refractivity contribution in [3.05, 3.63) is 48.0 Å². The lowest BCUT2D eigenvalue weighted by atomic mass is 9.60. The van der Waals surface area contributed by atoms with E-state index >= 15 is 0 Å². The number of hydrogen-bond donors (Lipinski definition) is 1. The van der Waals surface area contributed by atoms with Gasteiger partial charge in [-0.3, -0.25) is 0 Å². The molecule has 0 fully saturated rings. The number of unbranched alkanes of at least 4 members (excludes halogenated alkanes) is 1. The van der Waals surface area contributed by atoms with Gasteiger partial charge in [-0.1, -0.05) is 62.8 Å². The predicted octanol–water partition coefficient (Wildman–Crippen LogP) is 3.91. The van der Waals surface area contributed by atoms with Crippen molar-refractivity contribution in [3.8, 4) is 0 Å². The Morgan fingerprint density at radius 3 is 2.84 bits per heavy atom. The Balaban J connectivity index is 1.71. The fraction of sp³-hybridized carbons (Fsp3) is 0.609. The van der Waals surface area contributed by atoms with Crippen LogP contribution in [0.3, 0.4) is 0 Å². The summed E-state index contributed by atoms with van der Waals surface area (Å²) in [6.45, 7) is 7.35. The maximum Gasteiger partial charge on any atom is 0.157 e. The summed E-state index contributed by atoms with van der Waals surface area (Å²) in [6, 6.07) is 10.5. The first-order valence-electron chi connectivity index (χ1n) is 10.1. The van der Waals surface area contributed by atoms with E-state index in [2.05, 4.69) is 61.3 Å². The molecule has 25 heavy (non-hydrogen) atoms. The van der Waals surface area contributed by atoms with Crippen LogP contribution >= 0.6 is 0 Å². The minimum Gasteiger partial charge on any atom is -0.376 e. The van der Waals surface area contributed by atoms with E-state index in [1.807, 2.05) is 0 Å². The van der Waals surface area contributed by atoms with Crippen molar-refractivity contribution in [2.45, 2.75) is 59.0 Å². The Morgan fingerprint density at radius 2 is 2.04 bits per heavy atom. The monoisotopic (exact) mass is 340 g/mol. The lowest BCUT2D eigenvalue weighted by molar-refractivity contribution is -0.472. The largest absolute Gasteiger partial charge is 0.376 e. The number of nitrogens with one attached hydrogen (secondary N) is 1. The second kappa shape index (κ2) is 8.80. The summed E-state index contributed by atoms with van der Waals surface area (Å²) in [5, 5.41) is 0. The third-order valence-electron chi connectivity index (χ3n) is 6.00. The zero-order valence-corrected chi connectivity index (χ0v) is 16.0. The molecule has 2 heteroatoms. The van der Waals surface area contributed by atoms with E-state index in [1.54, 1.807) is 5.71 Å². The molecule has 1 heterocycles. The summed E-state index contributed by atoms with van der Waals surface area (Å²) < 4.78 is 6.18. The lowest BCUT2D eigenvalue weighted by Crippen LogP contribution is -2.79. The molecule has 3 atom stereocenters. The van der Waals surface area contributed by atoms with Crippen molar-refractivity contribution in [1.29, 1.82) is 0 Å². The smallest absolute Gasteiger partial charge is 0.157 e. The standard InChI is InChI=1S/C23H33NO/c1-3-4-11-22-23(14-8-15-24-22)16-19(2)12-13-21(23)18-25-17-20-9-6-5-7-10-20/h5-7,9-10,12-13,19,21H,3-4,8,11,14-18H2,1-2H3/p+1/t19-,21-,23+/m0/s1. The molecular formula is C23H34NO+. The first kappa shape index (κ1) is 18.4. The number of rotatable bonds is 7. The first-order valence-corrected chi connectivity index (χ1v) is 10.1. The topological polar surface area (TPSA) is 23.2 Å². The van der Waals surface area contributed by atoms with Crippen molar-refractivity contribution in [2.24, 2.45) is 17.3 Å². The van der Waals surface area contributed by atoms with Gasteiger partial charge in [0.1, 0.15) is 6.54 Å². The summed E-state index contributed by atoms with van der Waals surface area (Å²) >= 11 is 0. The average Bonchev–Trinajstić information content (AvgIpc) is 2.64. The van der Waals surface area contributed by atoms with Gasteiger partial charge in [0.05, 0.1) is 18.6 Å². The van der Waals surface area contributed by atoms with Crippen LogP contribution in [-0.4, -0.2) is 18.9 Å². The van der Waals surface area contributed by atoms with Crippen LogP contribution in [0.5, 0.6) is 0 Å². The summed E-state index contributed by atoms with van der Waals surface area (Å²) in [6.07, 6.45) is 12.5. The molecule has 1 spiro atoms. The zero-order valence-electron chi connectivity index (χ0n) is 16.0. The van der Waals surface area contributed by atoms with Gasteiger partial charge in [-0.25, -0.2) is 4.99 Å². The molecule has 1 aromatic rings. The van der Waals surface area contributed by atoms with Crippen LogP contribution in [-0.2, 0) is 11.3 Å². The van der Waals surface area contributed by atoms with Crippen LogP contribution in [0.1, 0.15) is 57.9 Å². The third kappa shape index (κ3) is 4.41. The normalized spacial score (nSPS) is 29.0. The number of benzene rings is 1. The highest BCUT2D eigenvalue weighted by atomic mass is 16.5. The summed E-state index contributed by atoms with van der Waals surface area (Å²) in [7, 11) is 0. The highest BCUT2D eigenvalue weighted by molar-refractivity contribution is 5.86. The SMILES string of the molecule is CCCCC1=[NH+]CCC[C@]12C[C@@H](C)C=C[C@H]2COCc1ccccc1. The van der Waals surface area contributed by atoms with E-state index in [0.717, 1.165) is 13.2 Å². The minimum atomic E-state index is 0.304. The molecule has 1 N–H and O–H groups in total. The molecule has 0 radical (unpaired) electrons. The quantitative estimate of drug-likeness (QED) is 0.748. The highest BCUT2D eigenvalue weighted by Gasteiger charge is 2.48.